The van der Waals surface area contributed by atoms with Crippen molar-refractivity contribution < 1.29 is 32.6 Å². The predicted molar refractivity (Wildman–Crippen MR) is 74.9 cm³/mol. The van der Waals surface area contributed by atoms with Crippen molar-refractivity contribution in [3.8, 4) is 0 Å². The highest BCUT2D eigenvalue weighted by Gasteiger charge is 2.45. The van der Waals surface area contributed by atoms with Crippen LogP contribution in [0.1, 0.15) is 30.1 Å². The molecule has 10 heteroatoms. The van der Waals surface area contributed by atoms with E-state index >= 15 is 0 Å². The van der Waals surface area contributed by atoms with Crippen LogP contribution in [-0.4, -0.2) is 64.6 Å². The maximum absolute atomic E-state index is 12.4. The number of hydrogen-bond donors (Lipinski definition) is 2. The lowest BCUT2D eigenvalue weighted by atomic mass is 9.93. The smallest absolute Gasteiger partial charge is 0.423 e. The molecule has 1 amide bonds. The van der Waals surface area contributed by atoms with Crippen LogP contribution in [0.4, 0.5) is 13.2 Å². The summed E-state index contributed by atoms with van der Waals surface area (Å²) in [5.41, 5.74) is 1.28. The van der Waals surface area contributed by atoms with Gasteiger partial charge in [-0.25, -0.2) is 0 Å². The van der Waals surface area contributed by atoms with Gasteiger partial charge in [0.2, 0.25) is 6.10 Å². The minimum Gasteiger partial charge on any atom is -0.469 e. The Labute approximate surface area is 135 Å². The molecule has 0 saturated carbocycles. The van der Waals surface area contributed by atoms with E-state index in [0.29, 0.717) is 24.2 Å². The molecule has 1 unspecified atom stereocenters. The molecule has 2 heterocycles. The summed E-state index contributed by atoms with van der Waals surface area (Å²) < 4.78 is 41.7. The van der Waals surface area contributed by atoms with Gasteiger partial charge in [-0.2, -0.15) is 18.3 Å². The number of H-pyrrole nitrogens is 1. The molecule has 134 valence electrons. The van der Waals surface area contributed by atoms with E-state index in [1.807, 2.05) is 0 Å². The van der Waals surface area contributed by atoms with Gasteiger partial charge in [0.1, 0.15) is 0 Å². The molecule has 7 nitrogen and oxygen atoms in total. The number of aromatic amines is 1. The second kappa shape index (κ2) is 7.20. The Bertz CT molecular complexity index is 594. The first-order valence-corrected chi connectivity index (χ1v) is 7.37. The number of nitrogens with zero attached hydrogens (tertiary/aromatic N) is 2. The summed E-state index contributed by atoms with van der Waals surface area (Å²) in [7, 11) is 1.28. The van der Waals surface area contributed by atoms with Crippen LogP contribution in [0.3, 0.4) is 0 Å². The standard InChI is InChI=1S/C14H18F3N3O4/c1-24-11(21)7-9-6-10(19-18-9)8-2-4-20(5-3-8)13(23)12(22)14(15,16)17/h6,8,12,22H,2-5,7H2,1H3,(H,18,19). The molecule has 24 heavy (non-hydrogen) atoms. The number of piperidine rings is 1. The first-order valence-electron chi connectivity index (χ1n) is 7.37. The van der Waals surface area contributed by atoms with Crippen LogP contribution >= 0.6 is 0 Å². The largest absolute Gasteiger partial charge is 0.469 e. The van der Waals surface area contributed by atoms with Gasteiger partial charge in [-0.05, 0) is 18.9 Å². The molecule has 1 aromatic heterocycles. The maximum Gasteiger partial charge on any atom is 0.423 e. The molecule has 1 atom stereocenters. The minimum atomic E-state index is -4.96. The van der Waals surface area contributed by atoms with E-state index in [0.717, 1.165) is 4.90 Å². The van der Waals surface area contributed by atoms with Gasteiger partial charge in [0, 0.05) is 24.7 Å². The highest BCUT2D eigenvalue weighted by atomic mass is 19.4. The Morgan fingerprint density at radius 3 is 2.62 bits per heavy atom. The lowest BCUT2D eigenvalue weighted by molar-refractivity contribution is -0.211. The van der Waals surface area contributed by atoms with Gasteiger partial charge in [-0.3, -0.25) is 14.7 Å². The molecule has 2 N–H and O–H groups in total. The Kier molecular flexibility index (Phi) is 5.47. The van der Waals surface area contributed by atoms with Crippen LogP contribution in [-0.2, 0) is 20.7 Å². The molecular weight excluding hydrogens is 331 g/mol. The number of esters is 1. The number of rotatable bonds is 4. The van der Waals surface area contributed by atoms with Crippen LogP contribution in [0.2, 0.25) is 0 Å². The number of carbonyl (C=O) groups excluding carboxylic acids is 2. The molecule has 0 aliphatic carbocycles. The number of halogens is 3. The minimum absolute atomic E-state index is 0.0280. The third kappa shape index (κ3) is 4.25. The quantitative estimate of drug-likeness (QED) is 0.783. The number of methoxy groups -OCH3 is 1. The number of aliphatic hydroxyl groups excluding tert-OH is 1. The van der Waals surface area contributed by atoms with E-state index < -0.39 is 24.2 Å². The van der Waals surface area contributed by atoms with Gasteiger partial charge in [0.25, 0.3) is 5.91 Å². The molecule has 1 aromatic rings. The van der Waals surface area contributed by atoms with E-state index in [1.165, 1.54) is 7.11 Å². The maximum atomic E-state index is 12.4. The molecule has 0 spiro atoms. The van der Waals surface area contributed by atoms with Crippen molar-refractivity contribution >= 4 is 11.9 Å². The number of likely N-dealkylation sites (tertiary alicyclic amines) is 1. The number of ether oxygens (including phenoxy) is 1. The lowest BCUT2D eigenvalue weighted by Gasteiger charge is -2.32. The summed E-state index contributed by atoms with van der Waals surface area (Å²) in [6, 6.07) is 1.71. The van der Waals surface area contributed by atoms with Crippen molar-refractivity contribution in [2.45, 2.75) is 37.5 Å². The Morgan fingerprint density at radius 2 is 2.08 bits per heavy atom. The normalized spacial score (nSPS) is 17.6. The number of carbonyl (C=O) groups is 2. The molecule has 1 saturated heterocycles. The van der Waals surface area contributed by atoms with Crippen LogP contribution in [0.5, 0.6) is 0 Å². The summed E-state index contributed by atoms with van der Waals surface area (Å²) in [5, 5.41) is 15.8. The zero-order valence-electron chi connectivity index (χ0n) is 13.0. The Morgan fingerprint density at radius 1 is 1.46 bits per heavy atom. The summed E-state index contributed by atoms with van der Waals surface area (Å²) >= 11 is 0. The number of aliphatic hydroxyl groups is 1. The number of aromatic nitrogens is 2. The number of amides is 1. The second-order valence-corrected chi connectivity index (χ2v) is 5.61. The van der Waals surface area contributed by atoms with Crippen molar-refractivity contribution in [1.82, 2.24) is 15.1 Å². The van der Waals surface area contributed by atoms with E-state index in [9.17, 15) is 22.8 Å². The Balaban J connectivity index is 1.91. The first-order chi connectivity index (χ1) is 11.2. The molecule has 1 aliphatic rings. The molecule has 1 aliphatic heterocycles. The number of nitrogens with one attached hydrogen (secondary N) is 1. The second-order valence-electron chi connectivity index (χ2n) is 5.61. The van der Waals surface area contributed by atoms with Gasteiger partial charge in [-0.15, -0.1) is 0 Å². The lowest BCUT2D eigenvalue weighted by Crippen LogP contribution is -2.48. The molecular formula is C14H18F3N3O4. The molecule has 0 bridgehead atoms. The van der Waals surface area contributed by atoms with Gasteiger partial charge in [0.05, 0.1) is 19.2 Å². The summed E-state index contributed by atoms with van der Waals surface area (Å²) in [6.45, 7) is 0.214. The van der Waals surface area contributed by atoms with Crippen LogP contribution in [0.25, 0.3) is 0 Å². The van der Waals surface area contributed by atoms with Crippen molar-refractivity contribution in [3.63, 3.8) is 0 Å². The fourth-order valence-electron chi connectivity index (χ4n) is 2.62. The fraction of sp³-hybridized carbons (Fsp3) is 0.643. The first kappa shape index (κ1) is 18.2. The van der Waals surface area contributed by atoms with Crippen LogP contribution < -0.4 is 0 Å². The highest BCUT2D eigenvalue weighted by molar-refractivity contribution is 5.81. The van der Waals surface area contributed by atoms with Crippen LogP contribution in [0, 0.1) is 0 Å². The van der Waals surface area contributed by atoms with Gasteiger partial charge in [-0.1, -0.05) is 0 Å². The average Bonchev–Trinajstić information content (AvgIpc) is 3.01. The van der Waals surface area contributed by atoms with Crippen molar-refractivity contribution in [2.24, 2.45) is 0 Å². The predicted octanol–water partition coefficient (Wildman–Crippen LogP) is 0.754. The number of alkyl halides is 3. The summed E-state index contributed by atoms with van der Waals surface area (Å²) in [4.78, 5) is 23.8. The van der Waals surface area contributed by atoms with Gasteiger partial charge < -0.3 is 14.7 Å². The third-order valence-electron chi connectivity index (χ3n) is 3.98. The SMILES string of the molecule is COC(=O)Cc1cc(C2CCN(C(=O)C(O)C(F)(F)F)CC2)n[nH]1. The summed E-state index contributed by atoms with van der Waals surface area (Å²) in [6.07, 6.45) is -7.03. The summed E-state index contributed by atoms with van der Waals surface area (Å²) in [5.74, 6) is -1.76. The average molecular weight is 349 g/mol. The monoisotopic (exact) mass is 349 g/mol. The van der Waals surface area contributed by atoms with E-state index in [-0.39, 0.29) is 25.4 Å². The fourth-order valence-corrected chi connectivity index (χ4v) is 2.62. The number of hydrogen-bond acceptors (Lipinski definition) is 5. The van der Waals surface area contributed by atoms with E-state index in [4.69, 9.17) is 5.11 Å². The van der Waals surface area contributed by atoms with Crippen LogP contribution in [0.15, 0.2) is 6.07 Å². The molecule has 0 radical (unpaired) electrons. The third-order valence-corrected chi connectivity index (χ3v) is 3.98. The molecule has 2 rings (SSSR count). The topological polar surface area (TPSA) is 95.5 Å². The van der Waals surface area contributed by atoms with Crippen molar-refractivity contribution in [3.05, 3.63) is 17.5 Å². The zero-order valence-corrected chi connectivity index (χ0v) is 13.0. The molecule has 1 fully saturated rings. The van der Waals surface area contributed by atoms with E-state index in [2.05, 4.69) is 14.9 Å². The van der Waals surface area contributed by atoms with Gasteiger partial charge >= 0.3 is 12.1 Å². The van der Waals surface area contributed by atoms with Crippen molar-refractivity contribution in [2.75, 3.05) is 20.2 Å². The Hall–Kier alpha value is -2.10. The van der Waals surface area contributed by atoms with Crippen molar-refractivity contribution in [1.29, 1.82) is 0 Å². The zero-order chi connectivity index (χ0) is 17.9. The highest BCUT2D eigenvalue weighted by Crippen LogP contribution is 2.29. The van der Waals surface area contributed by atoms with Gasteiger partial charge in [0.15, 0.2) is 0 Å². The van der Waals surface area contributed by atoms with E-state index in [1.54, 1.807) is 6.07 Å². The molecule has 0 aromatic carbocycles.